The number of imidazole rings is 1. The van der Waals surface area contributed by atoms with Crippen molar-refractivity contribution in [2.24, 2.45) is 0 Å². The number of pyridine rings is 1. The van der Waals surface area contributed by atoms with E-state index in [9.17, 15) is 4.79 Å². The summed E-state index contributed by atoms with van der Waals surface area (Å²) in [5, 5.41) is 9.05. The van der Waals surface area contributed by atoms with Crippen LogP contribution in [0.25, 0.3) is 16.9 Å². The molecule has 0 saturated heterocycles. The van der Waals surface area contributed by atoms with E-state index in [0.29, 0.717) is 17.2 Å². The molecular weight excluding hydrogens is 282 g/mol. The van der Waals surface area contributed by atoms with Gasteiger partial charge in [0.05, 0.1) is 12.7 Å². The molecule has 22 heavy (non-hydrogen) atoms. The van der Waals surface area contributed by atoms with Crippen molar-refractivity contribution in [3.63, 3.8) is 0 Å². The van der Waals surface area contributed by atoms with Crippen LogP contribution in [0, 0.1) is 6.92 Å². The number of ether oxygens (including phenoxy) is 1. The highest BCUT2D eigenvalue weighted by molar-refractivity contribution is 5.89. The highest BCUT2D eigenvalue weighted by Crippen LogP contribution is 2.30. The van der Waals surface area contributed by atoms with Crippen molar-refractivity contribution < 1.29 is 14.6 Å². The van der Waals surface area contributed by atoms with Crippen LogP contribution in [0.4, 0.5) is 5.82 Å². The molecule has 2 heterocycles. The normalized spacial score (nSPS) is 10.8. The molecule has 6 heteroatoms. The molecule has 2 aromatic heterocycles. The van der Waals surface area contributed by atoms with Crippen molar-refractivity contribution in [1.82, 2.24) is 9.38 Å². The molecule has 3 aromatic rings. The number of hydrogen-bond acceptors (Lipinski definition) is 4. The van der Waals surface area contributed by atoms with Gasteiger partial charge >= 0.3 is 5.97 Å². The molecule has 0 bridgehead atoms. The van der Waals surface area contributed by atoms with Gasteiger partial charge in [-0.15, -0.1) is 0 Å². The topological polar surface area (TPSA) is 89.8 Å². The average Bonchev–Trinajstić information content (AvgIpc) is 2.83. The van der Waals surface area contributed by atoms with E-state index in [-0.39, 0.29) is 5.56 Å². The minimum atomic E-state index is -0.995. The van der Waals surface area contributed by atoms with E-state index in [1.807, 2.05) is 25.1 Å². The predicted molar refractivity (Wildman–Crippen MR) is 83.3 cm³/mol. The molecule has 0 aliphatic heterocycles. The number of carboxylic acid groups (broad SMARTS) is 1. The van der Waals surface area contributed by atoms with Gasteiger partial charge in [-0.2, -0.15) is 0 Å². The maximum Gasteiger partial charge on any atom is 0.335 e. The summed E-state index contributed by atoms with van der Waals surface area (Å²) in [7, 11) is 1.62. The molecule has 0 spiro atoms. The van der Waals surface area contributed by atoms with Crippen molar-refractivity contribution in [2.75, 3.05) is 12.8 Å². The lowest BCUT2D eigenvalue weighted by atomic mass is 10.1. The number of nitrogens with two attached hydrogens (primary N) is 1. The summed E-state index contributed by atoms with van der Waals surface area (Å²) in [4.78, 5) is 15.5. The Morgan fingerprint density at radius 2 is 2.09 bits per heavy atom. The molecule has 0 amide bonds. The SMILES string of the molecule is COc1ccc(-c2nc3cc(C(=O)O)ccn3c2N)cc1C. The molecule has 0 unspecified atom stereocenters. The van der Waals surface area contributed by atoms with E-state index in [1.54, 1.807) is 17.7 Å². The summed E-state index contributed by atoms with van der Waals surface area (Å²) in [6, 6.07) is 8.67. The molecule has 1 aromatic carbocycles. The van der Waals surface area contributed by atoms with Crippen molar-refractivity contribution in [3.8, 4) is 17.0 Å². The molecule has 6 nitrogen and oxygen atoms in total. The molecule has 0 aliphatic rings. The number of aromatic nitrogens is 2. The van der Waals surface area contributed by atoms with E-state index < -0.39 is 5.97 Å². The van der Waals surface area contributed by atoms with Gasteiger partial charge in [0.1, 0.15) is 22.9 Å². The standard InChI is InChI=1S/C16H15N3O3/c1-9-7-10(3-4-12(9)22-2)14-15(17)19-6-5-11(16(20)21)8-13(19)18-14/h3-8H,17H2,1-2H3,(H,20,21). The third kappa shape index (κ3) is 2.14. The van der Waals surface area contributed by atoms with Gasteiger partial charge in [0.15, 0.2) is 0 Å². The van der Waals surface area contributed by atoms with Crippen LogP contribution in [-0.4, -0.2) is 27.6 Å². The van der Waals surface area contributed by atoms with Crippen LogP contribution in [0.15, 0.2) is 36.5 Å². The maximum atomic E-state index is 11.0. The minimum absolute atomic E-state index is 0.176. The Morgan fingerprint density at radius 1 is 1.32 bits per heavy atom. The summed E-state index contributed by atoms with van der Waals surface area (Å²) in [6.45, 7) is 1.94. The summed E-state index contributed by atoms with van der Waals surface area (Å²) in [5.74, 6) is 0.265. The van der Waals surface area contributed by atoms with E-state index >= 15 is 0 Å². The van der Waals surface area contributed by atoms with Crippen molar-refractivity contribution in [1.29, 1.82) is 0 Å². The molecule has 0 aliphatic carbocycles. The van der Waals surface area contributed by atoms with Crippen molar-refractivity contribution in [2.45, 2.75) is 6.92 Å². The molecule has 3 N–H and O–H groups in total. The first-order chi connectivity index (χ1) is 10.5. The highest BCUT2D eigenvalue weighted by atomic mass is 16.5. The fraction of sp³-hybridized carbons (Fsp3) is 0.125. The summed E-state index contributed by atoms with van der Waals surface area (Å²) >= 11 is 0. The zero-order valence-corrected chi connectivity index (χ0v) is 12.2. The largest absolute Gasteiger partial charge is 0.496 e. The first-order valence-corrected chi connectivity index (χ1v) is 6.67. The number of rotatable bonds is 3. The number of nitrogens with zero attached hydrogens (tertiary/aromatic N) is 2. The Hall–Kier alpha value is -3.02. The zero-order chi connectivity index (χ0) is 15.9. The quantitative estimate of drug-likeness (QED) is 0.775. The Bertz CT molecular complexity index is 884. The highest BCUT2D eigenvalue weighted by Gasteiger charge is 2.14. The molecule has 3 rings (SSSR count). The summed E-state index contributed by atoms with van der Waals surface area (Å²) in [5.41, 5.74) is 9.27. The van der Waals surface area contributed by atoms with E-state index in [4.69, 9.17) is 15.6 Å². The lowest BCUT2D eigenvalue weighted by molar-refractivity contribution is 0.0697. The number of methoxy groups -OCH3 is 1. The van der Waals surface area contributed by atoms with Crippen LogP contribution >= 0.6 is 0 Å². The van der Waals surface area contributed by atoms with Crippen LogP contribution < -0.4 is 10.5 Å². The van der Waals surface area contributed by atoms with Crippen LogP contribution in [0.5, 0.6) is 5.75 Å². The lowest BCUT2D eigenvalue weighted by Crippen LogP contribution is -1.99. The number of carbonyl (C=O) groups is 1. The van der Waals surface area contributed by atoms with Crippen molar-refractivity contribution >= 4 is 17.4 Å². The monoisotopic (exact) mass is 297 g/mol. The van der Waals surface area contributed by atoms with Gasteiger partial charge in [-0.1, -0.05) is 0 Å². The fourth-order valence-corrected chi connectivity index (χ4v) is 2.43. The summed E-state index contributed by atoms with van der Waals surface area (Å²) in [6.07, 6.45) is 1.61. The van der Waals surface area contributed by atoms with E-state index in [2.05, 4.69) is 4.98 Å². The lowest BCUT2D eigenvalue weighted by Gasteiger charge is -2.06. The van der Waals surface area contributed by atoms with Gasteiger partial charge in [-0.05, 0) is 42.8 Å². The van der Waals surface area contributed by atoms with E-state index in [1.165, 1.54) is 12.1 Å². The van der Waals surface area contributed by atoms with Gasteiger partial charge in [-0.25, -0.2) is 9.78 Å². The van der Waals surface area contributed by atoms with Gasteiger partial charge < -0.3 is 15.6 Å². The first kappa shape index (κ1) is 13.9. The zero-order valence-electron chi connectivity index (χ0n) is 12.2. The molecule has 0 atom stereocenters. The first-order valence-electron chi connectivity index (χ1n) is 6.67. The summed E-state index contributed by atoms with van der Waals surface area (Å²) < 4.78 is 6.91. The van der Waals surface area contributed by atoms with Crippen LogP contribution in [0.1, 0.15) is 15.9 Å². The number of anilines is 1. The Labute approximate surface area is 126 Å². The second kappa shape index (κ2) is 5.07. The van der Waals surface area contributed by atoms with Crippen LogP contribution in [-0.2, 0) is 0 Å². The fourth-order valence-electron chi connectivity index (χ4n) is 2.43. The number of aromatic carboxylic acids is 1. The second-order valence-corrected chi connectivity index (χ2v) is 4.98. The number of nitrogen functional groups attached to an aromatic ring is 1. The Kier molecular flexibility index (Phi) is 3.21. The molecule has 0 fully saturated rings. The van der Waals surface area contributed by atoms with Gasteiger partial charge in [0.2, 0.25) is 0 Å². The Balaban J connectivity index is 2.16. The number of fused-ring (bicyclic) bond motifs is 1. The third-order valence-electron chi connectivity index (χ3n) is 3.58. The molecule has 112 valence electrons. The minimum Gasteiger partial charge on any atom is -0.496 e. The number of benzene rings is 1. The third-order valence-corrected chi connectivity index (χ3v) is 3.58. The van der Waals surface area contributed by atoms with Gasteiger partial charge in [-0.3, -0.25) is 4.40 Å². The second-order valence-electron chi connectivity index (χ2n) is 4.98. The van der Waals surface area contributed by atoms with Gasteiger partial charge in [0, 0.05) is 11.8 Å². The molecule has 0 radical (unpaired) electrons. The maximum absolute atomic E-state index is 11.0. The average molecular weight is 297 g/mol. The Morgan fingerprint density at radius 3 is 2.73 bits per heavy atom. The van der Waals surface area contributed by atoms with Crippen LogP contribution in [0.3, 0.4) is 0 Å². The number of hydrogen-bond donors (Lipinski definition) is 2. The van der Waals surface area contributed by atoms with Gasteiger partial charge in [0.25, 0.3) is 0 Å². The number of aryl methyl sites for hydroxylation is 1. The smallest absolute Gasteiger partial charge is 0.335 e. The predicted octanol–water partition coefficient (Wildman–Crippen LogP) is 2.60. The molecule has 0 saturated carbocycles. The molecular formula is C16H15N3O3. The van der Waals surface area contributed by atoms with Crippen LogP contribution in [0.2, 0.25) is 0 Å². The number of carboxylic acids is 1. The van der Waals surface area contributed by atoms with E-state index in [0.717, 1.165) is 16.9 Å². The van der Waals surface area contributed by atoms with Crippen molar-refractivity contribution in [3.05, 3.63) is 47.7 Å².